The summed E-state index contributed by atoms with van der Waals surface area (Å²) in [7, 11) is 0. The molecule has 0 saturated carbocycles. The van der Waals surface area contributed by atoms with Gasteiger partial charge in [0.25, 0.3) is 0 Å². The van der Waals surface area contributed by atoms with Crippen LogP contribution in [0.2, 0.25) is 5.02 Å². The Labute approximate surface area is 141 Å². The third kappa shape index (κ3) is 5.46. The van der Waals surface area contributed by atoms with Gasteiger partial charge in [-0.05, 0) is 62.2 Å². The first-order valence-electron chi connectivity index (χ1n) is 7.46. The molecule has 0 aromatic heterocycles. The Morgan fingerprint density at radius 3 is 2.74 bits per heavy atom. The van der Waals surface area contributed by atoms with Crippen LogP contribution in [0.1, 0.15) is 25.0 Å². The second-order valence-corrected chi connectivity index (χ2v) is 5.96. The molecule has 0 saturated heterocycles. The van der Waals surface area contributed by atoms with Crippen molar-refractivity contribution in [2.24, 2.45) is 0 Å². The van der Waals surface area contributed by atoms with Crippen LogP contribution in [0.15, 0.2) is 48.5 Å². The van der Waals surface area contributed by atoms with Crippen LogP contribution in [0.5, 0.6) is 5.75 Å². The average Bonchev–Trinajstić information content (AvgIpc) is 2.49. The van der Waals surface area contributed by atoms with Gasteiger partial charge in [0, 0.05) is 16.8 Å². The predicted octanol–water partition coefficient (Wildman–Crippen LogP) is 5.09. The predicted molar refractivity (Wildman–Crippen MR) is 96.1 cm³/mol. The number of hydrogen-bond acceptors (Lipinski definition) is 2. The second-order valence-electron chi connectivity index (χ2n) is 5.52. The van der Waals surface area contributed by atoms with Crippen LogP contribution in [0.4, 0.5) is 5.69 Å². The maximum absolute atomic E-state index is 12.0. The van der Waals surface area contributed by atoms with Gasteiger partial charge >= 0.3 is 0 Å². The van der Waals surface area contributed by atoms with Gasteiger partial charge in [0.1, 0.15) is 5.75 Å². The summed E-state index contributed by atoms with van der Waals surface area (Å²) in [5, 5.41) is 3.42. The van der Waals surface area contributed by atoms with E-state index in [9.17, 15) is 4.79 Å². The van der Waals surface area contributed by atoms with E-state index in [4.69, 9.17) is 16.3 Å². The highest BCUT2D eigenvalue weighted by atomic mass is 35.5. The van der Waals surface area contributed by atoms with Gasteiger partial charge in [-0.2, -0.15) is 0 Å². The highest BCUT2D eigenvalue weighted by Crippen LogP contribution is 2.20. The zero-order chi connectivity index (χ0) is 16.8. The number of amides is 1. The number of rotatable bonds is 5. The van der Waals surface area contributed by atoms with Crippen molar-refractivity contribution >= 4 is 29.3 Å². The lowest BCUT2D eigenvalue weighted by Gasteiger charge is -2.09. The van der Waals surface area contributed by atoms with E-state index in [1.807, 2.05) is 51.1 Å². The van der Waals surface area contributed by atoms with Crippen molar-refractivity contribution in [2.45, 2.75) is 26.9 Å². The van der Waals surface area contributed by atoms with Gasteiger partial charge < -0.3 is 10.1 Å². The van der Waals surface area contributed by atoms with E-state index in [2.05, 4.69) is 5.32 Å². The minimum Gasteiger partial charge on any atom is -0.491 e. The van der Waals surface area contributed by atoms with E-state index < -0.39 is 0 Å². The van der Waals surface area contributed by atoms with Gasteiger partial charge in [0.2, 0.25) is 5.91 Å². The molecule has 0 atom stereocenters. The molecule has 4 heteroatoms. The van der Waals surface area contributed by atoms with Gasteiger partial charge in [-0.25, -0.2) is 0 Å². The molecule has 120 valence electrons. The van der Waals surface area contributed by atoms with Crippen LogP contribution >= 0.6 is 11.6 Å². The number of nitrogens with one attached hydrogen (secondary N) is 1. The number of hydrogen-bond donors (Lipinski definition) is 1. The molecule has 1 amide bonds. The van der Waals surface area contributed by atoms with Gasteiger partial charge in [-0.3, -0.25) is 4.79 Å². The molecule has 1 N–H and O–H groups in total. The lowest BCUT2D eigenvalue weighted by molar-refractivity contribution is -0.111. The summed E-state index contributed by atoms with van der Waals surface area (Å²) in [6, 6.07) is 13.0. The molecular weight excluding hydrogens is 310 g/mol. The Hall–Kier alpha value is -2.26. The first-order chi connectivity index (χ1) is 10.9. The van der Waals surface area contributed by atoms with Gasteiger partial charge in [0.15, 0.2) is 0 Å². The first-order valence-corrected chi connectivity index (χ1v) is 7.84. The van der Waals surface area contributed by atoms with Crippen molar-refractivity contribution in [3.8, 4) is 5.75 Å². The fourth-order valence-corrected chi connectivity index (χ4v) is 2.21. The van der Waals surface area contributed by atoms with E-state index in [1.54, 1.807) is 18.2 Å². The number of aryl methyl sites for hydroxylation is 1. The quantitative estimate of drug-likeness (QED) is 0.776. The lowest BCUT2D eigenvalue weighted by atomic mass is 10.2. The summed E-state index contributed by atoms with van der Waals surface area (Å²) < 4.78 is 5.64. The van der Waals surface area contributed by atoms with Crippen molar-refractivity contribution in [1.29, 1.82) is 0 Å². The number of carbonyl (C=O) groups is 1. The van der Waals surface area contributed by atoms with Crippen molar-refractivity contribution in [3.05, 3.63) is 64.7 Å². The zero-order valence-corrected chi connectivity index (χ0v) is 14.2. The molecule has 0 heterocycles. The smallest absolute Gasteiger partial charge is 0.248 e. The third-order valence-electron chi connectivity index (χ3n) is 3.11. The highest BCUT2D eigenvalue weighted by Gasteiger charge is 2.03. The summed E-state index contributed by atoms with van der Waals surface area (Å²) in [6.07, 6.45) is 3.36. The number of anilines is 1. The molecule has 2 aromatic rings. The number of carbonyl (C=O) groups excluding carboxylic acids is 1. The van der Waals surface area contributed by atoms with Gasteiger partial charge in [-0.1, -0.05) is 29.8 Å². The van der Waals surface area contributed by atoms with Gasteiger partial charge in [0.05, 0.1) is 6.10 Å². The lowest BCUT2D eigenvalue weighted by Crippen LogP contribution is -2.08. The Morgan fingerprint density at radius 1 is 1.22 bits per heavy atom. The standard InChI is InChI=1S/C19H20ClNO2/c1-13(2)23-17-6-4-5-15(11-17)8-10-19(22)21-18-12-16(20)9-7-14(18)3/h4-13H,1-3H3,(H,21,22)/b10-8+. The molecule has 3 nitrogen and oxygen atoms in total. The monoisotopic (exact) mass is 329 g/mol. The van der Waals surface area contributed by atoms with Crippen molar-refractivity contribution in [3.63, 3.8) is 0 Å². The molecule has 0 spiro atoms. The van der Waals surface area contributed by atoms with Crippen LogP contribution in [0.3, 0.4) is 0 Å². The number of benzene rings is 2. The molecule has 23 heavy (non-hydrogen) atoms. The van der Waals surface area contributed by atoms with Crippen LogP contribution < -0.4 is 10.1 Å². The van der Waals surface area contributed by atoms with Crippen LogP contribution in [0.25, 0.3) is 6.08 Å². The van der Waals surface area contributed by atoms with E-state index in [0.717, 1.165) is 16.9 Å². The van der Waals surface area contributed by atoms with E-state index in [-0.39, 0.29) is 12.0 Å². The molecule has 2 aromatic carbocycles. The molecule has 0 bridgehead atoms. The van der Waals surface area contributed by atoms with Crippen molar-refractivity contribution < 1.29 is 9.53 Å². The Kier molecular flexibility index (Phi) is 5.83. The molecule has 0 fully saturated rings. The van der Waals surface area contributed by atoms with E-state index in [0.29, 0.717) is 10.7 Å². The fraction of sp³-hybridized carbons (Fsp3) is 0.211. The normalized spacial score (nSPS) is 11.0. The van der Waals surface area contributed by atoms with Crippen LogP contribution in [-0.2, 0) is 4.79 Å². The number of halogens is 1. The number of ether oxygens (including phenoxy) is 1. The topological polar surface area (TPSA) is 38.3 Å². The van der Waals surface area contributed by atoms with E-state index in [1.165, 1.54) is 6.08 Å². The first kappa shape index (κ1) is 17.1. The van der Waals surface area contributed by atoms with Crippen molar-refractivity contribution in [2.75, 3.05) is 5.32 Å². The maximum Gasteiger partial charge on any atom is 0.248 e. The fourth-order valence-electron chi connectivity index (χ4n) is 2.04. The Bertz CT molecular complexity index is 723. The average molecular weight is 330 g/mol. The molecule has 0 aliphatic heterocycles. The van der Waals surface area contributed by atoms with Gasteiger partial charge in [-0.15, -0.1) is 0 Å². The molecule has 2 rings (SSSR count). The molecule has 0 aliphatic carbocycles. The summed E-state index contributed by atoms with van der Waals surface area (Å²) in [4.78, 5) is 12.0. The second kappa shape index (κ2) is 7.84. The Morgan fingerprint density at radius 2 is 2.00 bits per heavy atom. The molecule has 0 unspecified atom stereocenters. The minimum atomic E-state index is -0.203. The largest absolute Gasteiger partial charge is 0.491 e. The zero-order valence-electron chi connectivity index (χ0n) is 13.5. The summed E-state index contributed by atoms with van der Waals surface area (Å²) in [6.45, 7) is 5.87. The molecule has 0 aliphatic rings. The summed E-state index contributed by atoms with van der Waals surface area (Å²) in [5.74, 6) is 0.582. The molecule has 0 radical (unpaired) electrons. The van der Waals surface area contributed by atoms with Crippen LogP contribution in [-0.4, -0.2) is 12.0 Å². The minimum absolute atomic E-state index is 0.114. The van der Waals surface area contributed by atoms with Crippen molar-refractivity contribution in [1.82, 2.24) is 0 Å². The van der Waals surface area contributed by atoms with Crippen LogP contribution in [0, 0.1) is 6.92 Å². The summed E-state index contributed by atoms with van der Waals surface area (Å²) >= 11 is 5.95. The molecular formula is C19H20ClNO2. The SMILES string of the molecule is Cc1ccc(Cl)cc1NC(=O)/C=C/c1cccc(OC(C)C)c1. The maximum atomic E-state index is 12.0. The highest BCUT2D eigenvalue weighted by molar-refractivity contribution is 6.31. The third-order valence-corrected chi connectivity index (χ3v) is 3.35. The van der Waals surface area contributed by atoms with E-state index >= 15 is 0 Å². The summed E-state index contributed by atoms with van der Waals surface area (Å²) in [5.41, 5.74) is 2.58. The Balaban J connectivity index is 2.05.